The van der Waals surface area contributed by atoms with Gasteiger partial charge in [0, 0.05) is 11.5 Å². The first-order chi connectivity index (χ1) is 7.34. The van der Waals surface area contributed by atoms with Crippen LogP contribution in [-0.2, 0) is 0 Å². The van der Waals surface area contributed by atoms with Crippen molar-refractivity contribution in [2.75, 3.05) is 5.32 Å². The third kappa shape index (κ3) is 2.75. The van der Waals surface area contributed by atoms with E-state index in [4.69, 9.17) is 4.74 Å². The van der Waals surface area contributed by atoms with Crippen molar-refractivity contribution in [3.8, 4) is 5.75 Å². The van der Waals surface area contributed by atoms with Crippen LogP contribution in [-0.4, -0.2) is 15.5 Å². The minimum Gasteiger partial charge on any atom is -0.410 e. The lowest BCUT2D eigenvalue weighted by molar-refractivity contribution is 0.215. The molecule has 0 radical (unpaired) electrons. The van der Waals surface area contributed by atoms with Crippen LogP contribution in [0, 0.1) is 0 Å². The molecular weight excluding hydrogens is 214 g/mol. The van der Waals surface area contributed by atoms with E-state index in [9.17, 15) is 4.79 Å². The van der Waals surface area contributed by atoms with Gasteiger partial charge in [0.1, 0.15) is 12.1 Å². The van der Waals surface area contributed by atoms with Gasteiger partial charge in [0.25, 0.3) is 0 Å². The molecule has 0 saturated carbocycles. The van der Waals surface area contributed by atoms with Crippen molar-refractivity contribution >= 4 is 22.8 Å². The van der Waals surface area contributed by atoms with E-state index in [1.807, 2.05) is 6.07 Å². The van der Waals surface area contributed by atoms with Crippen LogP contribution in [0.3, 0.4) is 0 Å². The van der Waals surface area contributed by atoms with Gasteiger partial charge in [-0.3, -0.25) is 5.32 Å². The molecule has 0 unspecified atom stereocenters. The van der Waals surface area contributed by atoms with Gasteiger partial charge in [0.15, 0.2) is 0 Å². The van der Waals surface area contributed by atoms with E-state index >= 15 is 0 Å². The lowest BCUT2D eigenvalue weighted by Crippen LogP contribution is -2.16. The van der Waals surface area contributed by atoms with Crippen LogP contribution >= 0.6 is 11.5 Å². The molecule has 1 N–H and O–H groups in total. The normalized spacial score (nSPS) is 9.60. The Labute approximate surface area is 89.9 Å². The zero-order valence-corrected chi connectivity index (χ0v) is 8.40. The van der Waals surface area contributed by atoms with Crippen molar-refractivity contribution in [1.82, 2.24) is 9.36 Å². The fourth-order valence-electron chi connectivity index (χ4n) is 0.937. The first-order valence-corrected chi connectivity index (χ1v) is 4.92. The molecule has 0 saturated heterocycles. The minimum atomic E-state index is -0.571. The fraction of sp³-hybridized carbons (Fsp3) is 0. The maximum Gasteiger partial charge on any atom is 0.418 e. The van der Waals surface area contributed by atoms with E-state index in [0.717, 1.165) is 11.5 Å². The summed E-state index contributed by atoms with van der Waals surface area (Å²) in [7, 11) is 0. The smallest absolute Gasteiger partial charge is 0.410 e. The summed E-state index contributed by atoms with van der Waals surface area (Å²) >= 11 is 1.09. The molecule has 0 aliphatic heterocycles. The number of hydrogen-bond acceptors (Lipinski definition) is 5. The summed E-state index contributed by atoms with van der Waals surface area (Å²) in [6.07, 6.45) is 0.793. The Kier molecular flexibility index (Phi) is 2.89. The Morgan fingerprint density at radius 1 is 1.33 bits per heavy atom. The van der Waals surface area contributed by atoms with Crippen molar-refractivity contribution in [2.24, 2.45) is 0 Å². The van der Waals surface area contributed by atoms with Crippen LogP contribution in [0.15, 0.2) is 36.7 Å². The molecule has 0 atom stereocenters. The molecule has 0 spiro atoms. The Hall–Kier alpha value is -1.95. The highest BCUT2D eigenvalue weighted by Gasteiger charge is 2.05. The van der Waals surface area contributed by atoms with E-state index in [2.05, 4.69) is 14.7 Å². The van der Waals surface area contributed by atoms with E-state index in [1.165, 1.54) is 6.33 Å². The largest absolute Gasteiger partial charge is 0.418 e. The average molecular weight is 221 g/mol. The summed E-state index contributed by atoms with van der Waals surface area (Å²) < 4.78 is 8.72. The lowest BCUT2D eigenvalue weighted by Gasteiger charge is -2.02. The highest BCUT2D eigenvalue weighted by Crippen LogP contribution is 2.11. The van der Waals surface area contributed by atoms with Crippen LogP contribution in [0.5, 0.6) is 5.75 Å². The molecule has 0 aliphatic rings. The van der Waals surface area contributed by atoms with E-state index in [1.54, 1.807) is 24.3 Å². The first kappa shape index (κ1) is 9.60. The number of aromatic nitrogens is 2. The van der Waals surface area contributed by atoms with Gasteiger partial charge in [0.05, 0.1) is 0 Å². The predicted octanol–water partition coefficient (Wildman–Crippen LogP) is 2.15. The number of nitrogens with one attached hydrogen (secondary N) is 1. The van der Waals surface area contributed by atoms with Gasteiger partial charge in [-0.2, -0.15) is 4.37 Å². The zero-order valence-electron chi connectivity index (χ0n) is 7.58. The molecule has 2 rings (SSSR count). The minimum absolute atomic E-state index is 0.413. The quantitative estimate of drug-likeness (QED) is 0.843. The second-order valence-corrected chi connectivity index (χ2v) is 3.35. The average Bonchev–Trinajstić information content (AvgIpc) is 2.71. The Bertz CT molecular complexity index is 430. The highest BCUT2D eigenvalue weighted by atomic mass is 32.1. The summed E-state index contributed by atoms with van der Waals surface area (Å²) in [6, 6.07) is 8.80. The molecular formula is C9H7N3O2S. The topological polar surface area (TPSA) is 64.1 Å². The molecule has 15 heavy (non-hydrogen) atoms. The van der Waals surface area contributed by atoms with E-state index < -0.39 is 6.09 Å². The summed E-state index contributed by atoms with van der Waals surface area (Å²) in [5, 5.41) is 2.87. The van der Waals surface area contributed by atoms with Crippen molar-refractivity contribution in [3.63, 3.8) is 0 Å². The molecule has 1 amide bonds. The van der Waals surface area contributed by atoms with Gasteiger partial charge in [-0.1, -0.05) is 18.2 Å². The maximum atomic E-state index is 11.3. The number of nitrogens with zero attached hydrogens (tertiary/aromatic N) is 2. The van der Waals surface area contributed by atoms with Crippen LogP contribution in [0.4, 0.5) is 9.93 Å². The van der Waals surface area contributed by atoms with E-state index in [0.29, 0.717) is 10.9 Å². The summed E-state index contributed by atoms with van der Waals surface area (Å²) in [6.45, 7) is 0. The number of benzene rings is 1. The molecule has 1 aromatic heterocycles. The number of rotatable bonds is 2. The molecule has 76 valence electrons. The van der Waals surface area contributed by atoms with Gasteiger partial charge < -0.3 is 4.74 Å². The summed E-state index contributed by atoms with van der Waals surface area (Å²) in [5.74, 6) is 0.486. The number of anilines is 1. The Balaban J connectivity index is 1.94. The highest BCUT2D eigenvalue weighted by molar-refractivity contribution is 7.09. The lowest BCUT2D eigenvalue weighted by atomic mass is 10.3. The first-order valence-electron chi connectivity index (χ1n) is 4.15. The number of para-hydroxylation sites is 1. The molecule has 1 aromatic carbocycles. The maximum absolute atomic E-state index is 11.3. The van der Waals surface area contributed by atoms with Gasteiger partial charge >= 0.3 is 6.09 Å². The molecule has 0 bridgehead atoms. The predicted molar refractivity (Wildman–Crippen MR) is 56.0 cm³/mol. The second-order valence-electron chi connectivity index (χ2n) is 2.57. The molecule has 6 heteroatoms. The van der Waals surface area contributed by atoms with Crippen LogP contribution in [0.2, 0.25) is 0 Å². The third-order valence-corrected chi connectivity index (χ3v) is 2.10. The van der Waals surface area contributed by atoms with Gasteiger partial charge in [-0.25, -0.2) is 9.78 Å². The molecule has 5 nitrogen and oxygen atoms in total. The molecule has 0 fully saturated rings. The summed E-state index contributed by atoms with van der Waals surface area (Å²) in [5.41, 5.74) is 0. The van der Waals surface area contributed by atoms with Crippen LogP contribution in [0.1, 0.15) is 0 Å². The van der Waals surface area contributed by atoms with Crippen molar-refractivity contribution in [3.05, 3.63) is 36.7 Å². The van der Waals surface area contributed by atoms with Gasteiger partial charge in [-0.15, -0.1) is 0 Å². The number of hydrogen-bond donors (Lipinski definition) is 1. The number of amides is 1. The fourth-order valence-corrected chi connectivity index (χ4v) is 1.35. The summed E-state index contributed by atoms with van der Waals surface area (Å²) in [4.78, 5) is 15.1. The molecule has 2 aromatic rings. The standard InChI is InChI=1S/C9H7N3O2S/c13-9(12-8-10-6-11-15-8)14-7-4-2-1-3-5-7/h1-6H,(H,10,11,12,13). The van der Waals surface area contributed by atoms with Crippen molar-refractivity contribution < 1.29 is 9.53 Å². The van der Waals surface area contributed by atoms with Crippen molar-refractivity contribution in [1.29, 1.82) is 0 Å². The Morgan fingerprint density at radius 2 is 2.13 bits per heavy atom. The number of carbonyl (C=O) groups is 1. The van der Waals surface area contributed by atoms with Crippen LogP contribution in [0.25, 0.3) is 0 Å². The SMILES string of the molecule is O=C(Nc1ncns1)Oc1ccccc1. The van der Waals surface area contributed by atoms with Gasteiger partial charge in [-0.05, 0) is 12.1 Å². The van der Waals surface area contributed by atoms with Crippen molar-refractivity contribution in [2.45, 2.75) is 0 Å². The molecule has 0 aliphatic carbocycles. The van der Waals surface area contributed by atoms with E-state index in [-0.39, 0.29) is 0 Å². The Morgan fingerprint density at radius 3 is 2.80 bits per heavy atom. The monoisotopic (exact) mass is 221 g/mol. The molecule has 1 heterocycles. The number of ether oxygens (including phenoxy) is 1. The van der Waals surface area contributed by atoms with Crippen LogP contribution < -0.4 is 10.1 Å². The third-order valence-electron chi connectivity index (χ3n) is 1.52. The van der Waals surface area contributed by atoms with Gasteiger partial charge in [0.2, 0.25) is 5.13 Å². The number of carbonyl (C=O) groups excluding carboxylic acids is 1. The second kappa shape index (κ2) is 4.52. The zero-order chi connectivity index (χ0) is 10.5.